The average molecular weight is 514 g/mol. The van der Waals surface area contributed by atoms with Gasteiger partial charge in [-0.1, -0.05) is 18.0 Å². The lowest BCUT2D eigenvalue weighted by molar-refractivity contribution is -0.125. The number of alkyl carbamates (subject to hydrolysis) is 1. The molecule has 1 N–H and O–H groups in total. The van der Waals surface area contributed by atoms with Crippen molar-refractivity contribution in [2.24, 2.45) is 5.92 Å². The Morgan fingerprint density at radius 3 is 2.21 bits per heavy atom. The van der Waals surface area contributed by atoms with Gasteiger partial charge in [0.25, 0.3) is 10.2 Å². The summed E-state index contributed by atoms with van der Waals surface area (Å²) in [7, 11) is -3.94. The van der Waals surface area contributed by atoms with Crippen LogP contribution < -0.4 is 5.32 Å². The summed E-state index contributed by atoms with van der Waals surface area (Å²) in [4.78, 5) is 37.6. The van der Waals surface area contributed by atoms with Gasteiger partial charge >= 0.3 is 6.09 Å². The minimum atomic E-state index is -3.94. The smallest absolute Gasteiger partial charge is 0.414 e. The second kappa shape index (κ2) is 10.7. The van der Waals surface area contributed by atoms with Gasteiger partial charge in [0, 0.05) is 36.1 Å². The van der Waals surface area contributed by atoms with E-state index in [9.17, 15) is 22.8 Å². The molecule has 0 saturated carbocycles. The first kappa shape index (κ1) is 26.6. The molecule has 0 spiro atoms. The lowest BCUT2D eigenvalue weighted by Crippen LogP contribution is -2.57. The van der Waals surface area contributed by atoms with Crippen LogP contribution in [0.25, 0.3) is 0 Å². The molecule has 1 aromatic rings. The van der Waals surface area contributed by atoms with Crippen LogP contribution in [-0.2, 0) is 19.7 Å². The lowest BCUT2D eigenvalue weighted by atomic mass is 9.90. The van der Waals surface area contributed by atoms with Crippen LogP contribution in [0.1, 0.15) is 63.2 Å². The molecule has 2 amide bonds. The summed E-state index contributed by atoms with van der Waals surface area (Å²) >= 11 is 5.89. The molecule has 1 atom stereocenters. The summed E-state index contributed by atoms with van der Waals surface area (Å²) in [6, 6.07) is 5.69. The van der Waals surface area contributed by atoms with E-state index in [2.05, 4.69) is 5.32 Å². The van der Waals surface area contributed by atoms with Crippen molar-refractivity contribution in [1.29, 1.82) is 0 Å². The summed E-state index contributed by atoms with van der Waals surface area (Å²) in [5.41, 5.74) is -0.225. The first-order chi connectivity index (χ1) is 15.9. The number of hydrogen-bond acceptors (Lipinski definition) is 6. The van der Waals surface area contributed by atoms with Gasteiger partial charge in [-0.2, -0.15) is 17.0 Å². The zero-order valence-electron chi connectivity index (χ0n) is 19.8. The SMILES string of the molecule is CC(C)(C)OC(=O)NC(=O)[C@H]1CCCCN1S(=O)(=O)N1CCC(C(=O)c2ccc(Cl)cc2)CC1. The molecule has 9 nitrogen and oxygen atoms in total. The highest BCUT2D eigenvalue weighted by Gasteiger charge is 2.42. The highest BCUT2D eigenvalue weighted by atomic mass is 35.5. The molecule has 2 aliphatic heterocycles. The number of nitrogens with one attached hydrogen (secondary N) is 1. The number of Topliss-reactive ketones (excluding diaryl/α,β-unsaturated/α-hetero) is 1. The van der Waals surface area contributed by atoms with Gasteiger partial charge in [-0.3, -0.25) is 14.9 Å². The molecular weight excluding hydrogens is 482 g/mol. The number of ether oxygens (including phenoxy) is 1. The summed E-state index contributed by atoms with van der Waals surface area (Å²) in [5.74, 6) is -0.994. The highest BCUT2D eigenvalue weighted by Crippen LogP contribution is 2.28. The maximum absolute atomic E-state index is 13.4. The number of nitrogens with zero attached hydrogens (tertiary/aromatic N) is 2. The zero-order valence-corrected chi connectivity index (χ0v) is 21.3. The van der Waals surface area contributed by atoms with Gasteiger partial charge in [0.15, 0.2) is 5.78 Å². The number of hydrogen-bond donors (Lipinski definition) is 1. The predicted molar refractivity (Wildman–Crippen MR) is 128 cm³/mol. The third-order valence-electron chi connectivity index (χ3n) is 5.96. The van der Waals surface area contributed by atoms with Gasteiger partial charge < -0.3 is 4.74 Å². The summed E-state index contributed by atoms with van der Waals surface area (Å²) in [6.45, 7) is 5.59. The monoisotopic (exact) mass is 513 g/mol. The van der Waals surface area contributed by atoms with Crippen LogP contribution in [0, 0.1) is 5.92 Å². The average Bonchev–Trinajstić information content (AvgIpc) is 2.78. The van der Waals surface area contributed by atoms with Gasteiger partial charge in [-0.15, -0.1) is 0 Å². The van der Waals surface area contributed by atoms with E-state index < -0.39 is 33.9 Å². The Morgan fingerprint density at radius 1 is 1.00 bits per heavy atom. The Bertz CT molecular complexity index is 1010. The van der Waals surface area contributed by atoms with Crippen molar-refractivity contribution < 1.29 is 27.5 Å². The number of ketones is 1. The molecule has 0 unspecified atom stereocenters. The number of imide groups is 1. The van der Waals surface area contributed by atoms with E-state index in [0.29, 0.717) is 42.7 Å². The van der Waals surface area contributed by atoms with Gasteiger partial charge in [0.1, 0.15) is 11.6 Å². The van der Waals surface area contributed by atoms with Crippen molar-refractivity contribution in [2.45, 2.75) is 64.5 Å². The van der Waals surface area contributed by atoms with E-state index in [-0.39, 0.29) is 31.3 Å². The van der Waals surface area contributed by atoms with E-state index in [0.717, 1.165) is 0 Å². The Balaban J connectivity index is 1.64. The number of carbonyl (C=O) groups is 3. The number of halogens is 1. The van der Waals surface area contributed by atoms with Crippen LogP contribution in [0.4, 0.5) is 4.79 Å². The molecule has 0 aliphatic carbocycles. The second-order valence-corrected chi connectivity index (χ2v) is 12.0. The number of amides is 2. The Hall–Kier alpha value is -2.01. The maximum atomic E-state index is 13.4. The maximum Gasteiger partial charge on any atom is 0.414 e. The van der Waals surface area contributed by atoms with Crippen LogP contribution >= 0.6 is 11.6 Å². The number of carbonyl (C=O) groups excluding carboxylic acids is 3. The van der Waals surface area contributed by atoms with Gasteiger partial charge in [-0.25, -0.2) is 4.79 Å². The van der Waals surface area contributed by atoms with Gasteiger partial charge in [0.2, 0.25) is 5.91 Å². The van der Waals surface area contributed by atoms with Crippen LogP contribution in [0.5, 0.6) is 0 Å². The third-order valence-corrected chi connectivity index (χ3v) is 8.26. The molecule has 11 heteroatoms. The fourth-order valence-corrected chi connectivity index (χ4v) is 6.26. The molecule has 3 rings (SSSR count). The van der Waals surface area contributed by atoms with Gasteiger partial charge in [-0.05, 0) is 70.7 Å². The molecule has 0 radical (unpaired) electrons. The summed E-state index contributed by atoms with van der Waals surface area (Å²) < 4.78 is 34.5. The van der Waals surface area contributed by atoms with Crippen LogP contribution in [-0.4, -0.2) is 66.1 Å². The molecule has 2 heterocycles. The molecule has 0 aromatic heterocycles. The van der Waals surface area contributed by atoms with Crippen molar-refractivity contribution in [1.82, 2.24) is 13.9 Å². The number of piperidine rings is 2. The first-order valence-corrected chi connectivity index (χ1v) is 13.3. The standard InChI is InChI=1S/C23H32ClN3O6S/c1-23(2,3)33-22(30)25-21(29)19-6-4-5-13-27(19)34(31,32)26-14-11-17(12-15-26)20(28)16-7-9-18(24)10-8-16/h7-10,17,19H,4-6,11-15H2,1-3H3,(H,25,29,30)/t19-/m1/s1. The summed E-state index contributed by atoms with van der Waals surface area (Å²) in [6.07, 6.45) is 1.50. The van der Waals surface area contributed by atoms with Crippen molar-refractivity contribution in [3.05, 3.63) is 34.9 Å². The molecule has 34 heavy (non-hydrogen) atoms. The Kier molecular flexibility index (Phi) is 8.38. The number of benzene rings is 1. The quantitative estimate of drug-likeness (QED) is 0.604. The largest absolute Gasteiger partial charge is 0.444 e. The molecule has 188 valence electrons. The topological polar surface area (TPSA) is 113 Å². The predicted octanol–water partition coefficient (Wildman–Crippen LogP) is 3.39. The first-order valence-electron chi connectivity index (χ1n) is 11.5. The third kappa shape index (κ3) is 6.56. The van der Waals surface area contributed by atoms with Crippen molar-refractivity contribution in [2.75, 3.05) is 19.6 Å². The lowest BCUT2D eigenvalue weighted by Gasteiger charge is -2.39. The number of rotatable bonds is 5. The second-order valence-electron chi connectivity index (χ2n) is 9.67. The van der Waals surface area contributed by atoms with E-state index in [4.69, 9.17) is 16.3 Å². The van der Waals surface area contributed by atoms with E-state index in [1.807, 2.05) is 0 Å². The van der Waals surface area contributed by atoms with Crippen LogP contribution in [0.3, 0.4) is 0 Å². The molecule has 2 saturated heterocycles. The zero-order chi connectivity index (χ0) is 25.1. The van der Waals surface area contributed by atoms with E-state index >= 15 is 0 Å². The molecular formula is C23H32ClN3O6S. The van der Waals surface area contributed by atoms with E-state index in [1.165, 1.54) is 8.61 Å². The molecule has 0 bridgehead atoms. The Morgan fingerprint density at radius 2 is 1.62 bits per heavy atom. The molecule has 1 aromatic carbocycles. The van der Waals surface area contributed by atoms with Crippen molar-refractivity contribution in [3.63, 3.8) is 0 Å². The van der Waals surface area contributed by atoms with Gasteiger partial charge in [0.05, 0.1) is 0 Å². The fraction of sp³-hybridized carbons (Fsp3) is 0.609. The Labute approximate surface area is 205 Å². The summed E-state index contributed by atoms with van der Waals surface area (Å²) in [5, 5.41) is 2.72. The van der Waals surface area contributed by atoms with Crippen molar-refractivity contribution in [3.8, 4) is 0 Å². The van der Waals surface area contributed by atoms with Crippen LogP contribution in [0.2, 0.25) is 5.02 Å². The minimum absolute atomic E-state index is 0.0266. The normalized spacial score (nSPS) is 21.1. The van der Waals surface area contributed by atoms with Crippen molar-refractivity contribution >= 4 is 39.6 Å². The fourth-order valence-electron chi connectivity index (χ4n) is 4.28. The minimum Gasteiger partial charge on any atom is -0.444 e. The molecule has 2 aliphatic rings. The van der Waals surface area contributed by atoms with Crippen LogP contribution in [0.15, 0.2) is 24.3 Å². The van der Waals surface area contributed by atoms with E-state index in [1.54, 1.807) is 45.0 Å². The molecule has 2 fully saturated rings. The highest BCUT2D eigenvalue weighted by molar-refractivity contribution is 7.86.